The summed E-state index contributed by atoms with van der Waals surface area (Å²) in [5.74, 6) is 0.0966. The molecule has 128 valence electrons. The fourth-order valence-electron chi connectivity index (χ4n) is 2.50. The number of aromatic nitrogens is 3. The van der Waals surface area contributed by atoms with Crippen LogP contribution in [0, 0.1) is 0 Å². The van der Waals surface area contributed by atoms with Crippen molar-refractivity contribution in [1.82, 2.24) is 15.0 Å². The summed E-state index contributed by atoms with van der Waals surface area (Å²) in [6, 6.07) is 2.89. The monoisotopic (exact) mass is 341 g/mol. The number of benzene rings is 1. The SMILES string of the molecule is COc1cc(CO)c(O)c(-n2nc3c(n2)CCC(C(F)(F)F)=C3)c1. The molecule has 2 aromatic rings. The molecule has 3 rings (SSSR count). The van der Waals surface area contributed by atoms with E-state index in [0.29, 0.717) is 11.4 Å². The van der Waals surface area contributed by atoms with Gasteiger partial charge in [0.2, 0.25) is 0 Å². The van der Waals surface area contributed by atoms with Crippen LogP contribution in [0.4, 0.5) is 13.2 Å². The molecule has 0 atom stereocenters. The van der Waals surface area contributed by atoms with Crippen LogP contribution in [0.15, 0.2) is 17.7 Å². The van der Waals surface area contributed by atoms with E-state index in [1.807, 2.05) is 0 Å². The number of allylic oxidation sites excluding steroid dienone is 1. The molecule has 0 fully saturated rings. The molecule has 2 N–H and O–H groups in total. The summed E-state index contributed by atoms with van der Waals surface area (Å²) in [4.78, 5) is 1.05. The third kappa shape index (κ3) is 2.82. The Bertz CT molecular complexity index is 812. The standard InChI is InChI=1S/C15H14F3N3O3/c1-24-10-4-8(7-22)14(23)13(6-10)21-19-11-3-2-9(15(16,17)18)5-12(11)20-21/h4-6,22-23H,2-3,7H2,1H3. The molecule has 0 saturated carbocycles. The Hall–Kier alpha value is -2.55. The van der Waals surface area contributed by atoms with Gasteiger partial charge in [-0.05, 0) is 25.0 Å². The van der Waals surface area contributed by atoms with Gasteiger partial charge in [0.15, 0.2) is 0 Å². The second-order valence-corrected chi connectivity index (χ2v) is 5.30. The van der Waals surface area contributed by atoms with Crippen molar-refractivity contribution in [2.24, 2.45) is 0 Å². The van der Waals surface area contributed by atoms with Gasteiger partial charge in [-0.15, -0.1) is 9.90 Å². The first kappa shape index (κ1) is 16.3. The first-order valence-electron chi connectivity index (χ1n) is 7.08. The van der Waals surface area contributed by atoms with Crippen molar-refractivity contribution in [2.75, 3.05) is 7.11 Å². The van der Waals surface area contributed by atoms with Gasteiger partial charge in [-0.2, -0.15) is 18.3 Å². The second kappa shape index (κ2) is 5.82. The number of fused-ring (bicyclic) bond motifs is 1. The van der Waals surface area contributed by atoms with Gasteiger partial charge >= 0.3 is 6.18 Å². The number of rotatable bonds is 3. The van der Waals surface area contributed by atoms with Crippen LogP contribution >= 0.6 is 0 Å². The lowest BCUT2D eigenvalue weighted by molar-refractivity contribution is -0.0931. The summed E-state index contributed by atoms with van der Waals surface area (Å²) in [5.41, 5.74) is 0.186. The number of aliphatic hydroxyl groups is 1. The number of aromatic hydroxyl groups is 1. The van der Waals surface area contributed by atoms with Gasteiger partial charge < -0.3 is 14.9 Å². The quantitative estimate of drug-likeness (QED) is 0.896. The highest BCUT2D eigenvalue weighted by Crippen LogP contribution is 2.35. The van der Waals surface area contributed by atoms with Crippen molar-refractivity contribution in [2.45, 2.75) is 25.6 Å². The molecule has 1 aromatic heterocycles. The third-order valence-corrected chi connectivity index (χ3v) is 3.78. The van der Waals surface area contributed by atoms with E-state index in [4.69, 9.17) is 4.74 Å². The van der Waals surface area contributed by atoms with E-state index in [-0.39, 0.29) is 35.5 Å². The predicted octanol–water partition coefficient (Wildman–Crippen LogP) is 2.37. The molecule has 0 saturated heterocycles. The molecule has 1 aliphatic rings. The van der Waals surface area contributed by atoms with Crippen molar-refractivity contribution in [3.05, 3.63) is 34.7 Å². The molecule has 6 nitrogen and oxygen atoms in total. The van der Waals surface area contributed by atoms with Gasteiger partial charge in [0.1, 0.15) is 22.9 Å². The van der Waals surface area contributed by atoms with Gasteiger partial charge in [-0.1, -0.05) is 0 Å². The molecule has 0 spiro atoms. The van der Waals surface area contributed by atoms with Crippen LogP contribution in [0.3, 0.4) is 0 Å². The number of nitrogens with zero attached hydrogens (tertiary/aromatic N) is 3. The van der Waals surface area contributed by atoms with Crippen LogP contribution in [0.25, 0.3) is 11.8 Å². The molecule has 9 heteroatoms. The van der Waals surface area contributed by atoms with E-state index in [9.17, 15) is 23.4 Å². The Kier molecular flexibility index (Phi) is 3.96. The zero-order chi connectivity index (χ0) is 17.5. The maximum atomic E-state index is 12.8. The third-order valence-electron chi connectivity index (χ3n) is 3.78. The lowest BCUT2D eigenvalue weighted by atomic mass is 10.00. The van der Waals surface area contributed by atoms with Crippen LogP contribution in [0.1, 0.15) is 23.4 Å². The minimum absolute atomic E-state index is 0.109. The van der Waals surface area contributed by atoms with Gasteiger partial charge in [0, 0.05) is 17.2 Å². The number of alkyl halides is 3. The minimum atomic E-state index is -4.40. The topological polar surface area (TPSA) is 80.4 Å². The van der Waals surface area contributed by atoms with Crippen LogP contribution in [-0.4, -0.2) is 38.5 Å². The smallest absolute Gasteiger partial charge is 0.412 e. The average Bonchev–Trinajstić information content (AvgIpc) is 2.97. The van der Waals surface area contributed by atoms with E-state index in [1.165, 1.54) is 19.2 Å². The van der Waals surface area contributed by atoms with Gasteiger partial charge in [-0.3, -0.25) is 0 Å². The number of aryl methyl sites for hydroxylation is 1. The predicted molar refractivity (Wildman–Crippen MR) is 77.9 cm³/mol. The molecule has 0 amide bonds. The van der Waals surface area contributed by atoms with Gasteiger partial charge in [0.05, 0.1) is 19.4 Å². The fourth-order valence-corrected chi connectivity index (χ4v) is 2.50. The largest absolute Gasteiger partial charge is 0.505 e. The van der Waals surface area contributed by atoms with E-state index >= 15 is 0 Å². The van der Waals surface area contributed by atoms with Gasteiger partial charge in [0.25, 0.3) is 0 Å². The Morgan fingerprint density at radius 1 is 1.25 bits per heavy atom. The molecule has 0 aliphatic heterocycles. The summed E-state index contributed by atoms with van der Waals surface area (Å²) in [5, 5.41) is 27.7. The Labute approximate surface area is 134 Å². The van der Waals surface area contributed by atoms with Crippen LogP contribution < -0.4 is 4.74 Å². The Morgan fingerprint density at radius 3 is 2.62 bits per heavy atom. The number of methoxy groups -OCH3 is 1. The summed E-state index contributed by atoms with van der Waals surface area (Å²) in [7, 11) is 1.41. The molecule has 1 aromatic carbocycles. The minimum Gasteiger partial charge on any atom is -0.505 e. The van der Waals surface area contributed by atoms with Crippen molar-refractivity contribution >= 4 is 6.08 Å². The molecule has 0 unspecified atom stereocenters. The van der Waals surface area contributed by atoms with Crippen LogP contribution in [0.2, 0.25) is 0 Å². The highest BCUT2D eigenvalue weighted by atomic mass is 19.4. The molecule has 1 aliphatic carbocycles. The summed E-state index contributed by atoms with van der Waals surface area (Å²) in [6.45, 7) is -0.435. The summed E-state index contributed by atoms with van der Waals surface area (Å²) in [6.07, 6.45) is -3.49. The molecule has 0 bridgehead atoms. The highest BCUT2D eigenvalue weighted by molar-refractivity contribution is 5.58. The van der Waals surface area contributed by atoms with Crippen molar-refractivity contribution in [1.29, 1.82) is 0 Å². The number of halogens is 3. The average molecular weight is 341 g/mol. The molecule has 1 heterocycles. The lowest BCUT2D eigenvalue weighted by Crippen LogP contribution is -2.15. The first-order valence-corrected chi connectivity index (χ1v) is 7.08. The number of ether oxygens (including phenoxy) is 1. The summed E-state index contributed by atoms with van der Waals surface area (Å²) < 4.78 is 43.5. The zero-order valence-corrected chi connectivity index (χ0v) is 12.6. The van der Waals surface area contributed by atoms with Crippen LogP contribution in [0.5, 0.6) is 11.5 Å². The van der Waals surface area contributed by atoms with E-state index in [2.05, 4.69) is 10.2 Å². The summed E-state index contributed by atoms with van der Waals surface area (Å²) >= 11 is 0. The zero-order valence-electron chi connectivity index (χ0n) is 12.6. The van der Waals surface area contributed by atoms with E-state index < -0.39 is 18.4 Å². The molecular weight excluding hydrogens is 327 g/mol. The van der Waals surface area contributed by atoms with E-state index in [1.54, 1.807) is 0 Å². The first-order chi connectivity index (χ1) is 11.3. The van der Waals surface area contributed by atoms with Crippen molar-refractivity contribution in [3.8, 4) is 17.2 Å². The maximum Gasteiger partial charge on any atom is 0.412 e. The number of hydrogen-bond acceptors (Lipinski definition) is 5. The number of hydrogen-bond donors (Lipinski definition) is 2. The lowest BCUT2D eigenvalue weighted by Gasteiger charge is -2.13. The normalized spacial score (nSPS) is 14.3. The van der Waals surface area contributed by atoms with Crippen molar-refractivity contribution < 1.29 is 28.1 Å². The molecular formula is C15H14F3N3O3. The van der Waals surface area contributed by atoms with Crippen molar-refractivity contribution in [3.63, 3.8) is 0 Å². The number of phenols is 1. The highest BCUT2D eigenvalue weighted by Gasteiger charge is 2.36. The van der Waals surface area contributed by atoms with Gasteiger partial charge in [-0.25, -0.2) is 0 Å². The second-order valence-electron chi connectivity index (χ2n) is 5.30. The Morgan fingerprint density at radius 2 is 2.00 bits per heavy atom. The van der Waals surface area contributed by atoms with Crippen LogP contribution in [-0.2, 0) is 13.0 Å². The molecule has 24 heavy (non-hydrogen) atoms. The maximum absolute atomic E-state index is 12.8. The molecule has 0 radical (unpaired) electrons. The fraction of sp³-hybridized carbons (Fsp3) is 0.333. The van der Waals surface area contributed by atoms with E-state index in [0.717, 1.165) is 10.9 Å². The Balaban J connectivity index is 2.08. The number of aliphatic hydroxyl groups excluding tert-OH is 1.